The monoisotopic (exact) mass is 359 g/mol. The van der Waals surface area contributed by atoms with Gasteiger partial charge in [-0.3, -0.25) is 4.79 Å². The Balaban J connectivity index is 2.40. The summed E-state index contributed by atoms with van der Waals surface area (Å²) < 4.78 is 49.4. The molecule has 0 aliphatic carbocycles. The van der Waals surface area contributed by atoms with Gasteiger partial charge in [0.15, 0.2) is 21.5 Å². The molecule has 8 heteroatoms. The van der Waals surface area contributed by atoms with Crippen molar-refractivity contribution in [1.82, 2.24) is 0 Å². The van der Waals surface area contributed by atoms with Gasteiger partial charge in [0.25, 0.3) is 5.91 Å². The third-order valence-electron chi connectivity index (χ3n) is 3.14. The van der Waals surface area contributed by atoms with Crippen LogP contribution in [0.2, 0.25) is 5.02 Å². The Morgan fingerprint density at radius 3 is 2.35 bits per heavy atom. The van der Waals surface area contributed by atoms with E-state index in [4.69, 9.17) is 11.6 Å². The van der Waals surface area contributed by atoms with Gasteiger partial charge in [-0.1, -0.05) is 17.7 Å². The number of rotatable bonds is 3. The molecule has 0 heterocycles. The number of anilines is 1. The molecule has 4 nitrogen and oxygen atoms in total. The number of carbonyl (C=O) groups excluding carboxylic acids is 1. The van der Waals surface area contributed by atoms with Gasteiger partial charge >= 0.3 is 0 Å². The van der Waals surface area contributed by atoms with E-state index >= 15 is 0 Å². The number of aryl methyl sites for hydroxylation is 1. The fourth-order valence-corrected chi connectivity index (χ4v) is 2.74. The lowest BCUT2D eigenvalue weighted by Gasteiger charge is -2.11. The molecule has 0 atom stereocenters. The van der Waals surface area contributed by atoms with Crippen molar-refractivity contribution in [2.24, 2.45) is 0 Å². The Bertz CT molecular complexity index is 898. The largest absolute Gasteiger partial charge is 0.322 e. The number of sulfone groups is 1. The van der Waals surface area contributed by atoms with Gasteiger partial charge in [0.05, 0.1) is 15.5 Å². The minimum absolute atomic E-state index is 0.0229. The van der Waals surface area contributed by atoms with E-state index < -0.39 is 27.4 Å². The molecule has 0 unspecified atom stereocenters. The van der Waals surface area contributed by atoms with Crippen LogP contribution in [0.15, 0.2) is 35.2 Å². The maximum Gasteiger partial charge on any atom is 0.257 e. The minimum Gasteiger partial charge on any atom is -0.322 e. The Labute approximate surface area is 137 Å². The summed E-state index contributed by atoms with van der Waals surface area (Å²) >= 11 is 5.74. The highest BCUT2D eigenvalue weighted by Gasteiger charge is 2.17. The summed E-state index contributed by atoms with van der Waals surface area (Å²) in [6.45, 7) is 1.66. The minimum atomic E-state index is -3.45. The second-order valence-electron chi connectivity index (χ2n) is 4.95. The van der Waals surface area contributed by atoms with Crippen molar-refractivity contribution in [1.29, 1.82) is 0 Å². The molecule has 0 aliphatic heterocycles. The maximum absolute atomic E-state index is 13.3. The summed E-state index contributed by atoms with van der Waals surface area (Å²) in [5.74, 6) is -3.15. The first-order valence-corrected chi connectivity index (χ1v) is 8.63. The van der Waals surface area contributed by atoms with Gasteiger partial charge in [0, 0.05) is 11.9 Å². The highest BCUT2D eigenvalue weighted by Crippen LogP contribution is 2.24. The Kier molecular flexibility index (Phi) is 4.72. The number of hydrogen-bond acceptors (Lipinski definition) is 3. The van der Waals surface area contributed by atoms with Crippen molar-refractivity contribution in [3.05, 3.63) is 58.1 Å². The highest BCUT2D eigenvalue weighted by molar-refractivity contribution is 7.90. The quantitative estimate of drug-likeness (QED) is 0.852. The number of halogens is 3. The molecule has 1 amide bonds. The molecule has 122 valence electrons. The number of benzene rings is 2. The van der Waals surface area contributed by atoms with Crippen LogP contribution in [0, 0.1) is 18.6 Å². The molecule has 23 heavy (non-hydrogen) atoms. The van der Waals surface area contributed by atoms with Gasteiger partial charge in [0.2, 0.25) is 0 Å². The summed E-state index contributed by atoms with van der Waals surface area (Å²) in [6.07, 6.45) is 1.04. The molecule has 0 spiro atoms. The first kappa shape index (κ1) is 17.4. The number of amides is 1. The first-order chi connectivity index (χ1) is 10.6. The van der Waals surface area contributed by atoms with Crippen LogP contribution in [0.1, 0.15) is 15.9 Å². The van der Waals surface area contributed by atoms with E-state index in [9.17, 15) is 22.0 Å². The smallest absolute Gasteiger partial charge is 0.257 e. The molecule has 0 aromatic heterocycles. The molecule has 0 radical (unpaired) electrons. The predicted octanol–water partition coefficient (Wildman–Crippen LogP) is 3.58. The summed E-state index contributed by atoms with van der Waals surface area (Å²) in [5, 5.41) is 2.20. The third kappa shape index (κ3) is 3.86. The van der Waals surface area contributed by atoms with E-state index in [1.165, 1.54) is 18.2 Å². The van der Waals surface area contributed by atoms with Gasteiger partial charge in [-0.05, 0) is 36.8 Å². The topological polar surface area (TPSA) is 63.2 Å². The molecule has 0 fully saturated rings. The summed E-state index contributed by atoms with van der Waals surface area (Å²) in [4.78, 5) is 12.2. The summed E-state index contributed by atoms with van der Waals surface area (Å²) in [6, 6.07) is 5.61. The SMILES string of the molecule is Cc1ccc(S(C)(=O)=O)cc1NC(=O)c1cc(F)c(F)cc1Cl. The predicted molar refractivity (Wildman–Crippen MR) is 83.6 cm³/mol. The van der Waals surface area contributed by atoms with E-state index in [1.54, 1.807) is 6.92 Å². The average Bonchev–Trinajstić information content (AvgIpc) is 2.43. The van der Waals surface area contributed by atoms with Gasteiger partial charge in [0.1, 0.15) is 0 Å². The normalized spacial score (nSPS) is 11.3. The molecule has 0 aliphatic rings. The van der Waals surface area contributed by atoms with E-state index in [-0.39, 0.29) is 21.2 Å². The molecule has 2 rings (SSSR count). The number of nitrogens with one attached hydrogen (secondary N) is 1. The average molecular weight is 360 g/mol. The lowest BCUT2D eigenvalue weighted by Crippen LogP contribution is -2.14. The van der Waals surface area contributed by atoms with Crippen LogP contribution in [-0.2, 0) is 9.84 Å². The van der Waals surface area contributed by atoms with E-state index in [1.807, 2.05) is 0 Å². The van der Waals surface area contributed by atoms with Crippen molar-refractivity contribution in [2.45, 2.75) is 11.8 Å². The zero-order valence-corrected chi connectivity index (χ0v) is 13.7. The van der Waals surface area contributed by atoms with E-state index in [0.29, 0.717) is 17.7 Å². The molecule has 2 aromatic rings. The van der Waals surface area contributed by atoms with Crippen LogP contribution >= 0.6 is 11.6 Å². The molecule has 1 N–H and O–H groups in total. The Hall–Kier alpha value is -1.99. The molecule has 0 bridgehead atoms. The van der Waals surface area contributed by atoms with Gasteiger partial charge in [-0.25, -0.2) is 17.2 Å². The van der Waals surface area contributed by atoms with Crippen molar-refractivity contribution < 1.29 is 22.0 Å². The fourth-order valence-electron chi connectivity index (χ4n) is 1.85. The lowest BCUT2D eigenvalue weighted by atomic mass is 10.1. The highest BCUT2D eigenvalue weighted by atomic mass is 35.5. The van der Waals surface area contributed by atoms with Gasteiger partial charge in [-0.2, -0.15) is 0 Å². The van der Waals surface area contributed by atoms with Crippen LogP contribution < -0.4 is 5.32 Å². The van der Waals surface area contributed by atoms with E-state index in [0.717, 1.165) is 6.26 Å². The Morgan fingerprint density at radius 1 is 1.13 bits per heavy atom. The molecular weight excluding hydrogens is 348 g/mol. The van der Waals surface area contributed by atoms with Crippen molar-refractivity contribution >= 4 is 33.0 Å². The molecule has 2 aromatic carbocycles. The number of carbonyl (C=O) groups is 1. The van der Waals surface area contributed by atoms with Gasteiger partial charge < -0.3 is 5.32 Å². The van der Waals surface area contributed by atoms with Crippen molar-refractivity contribution in [3.63, 3.8) is 0 Å². The van der Waals surface area contributed by atoms with Crippen LogP contribution in [0.25, 0.3) is 0 Å². The van der Waals surface area contributed by atoms with Gasteiger partial charge in [-0.15, -0.1) is 0 Å². The fraction of sp³-hybridized carbons (Fsp3) is 0.133. The molecular formula is C15H12ClF2NO3S. The van der Waals surface area contributed by atoms with Crippen molar-refractivity contribution in [3.8, 4) is 0 Å². The first-order valence-electron chi connectivity index (χ1n) is 6.36. The van der Waals surface area contributed by atoms with Crippen LogP contribution in [0.3, 0.4) is 0 Å². The Morgan fingerprint density at radius 2 is 1.74 bits per heavy atom. The maximum atomic E-state index is 13.3. The molecule has 0 saturated carbocycles. The summed E-state index contributed by atoms with van der Waals surface area (Å²) in [7, 11) is -3.45. The van der Waals surface area contributed by atoms with Crippen LogP contribution in [0.5, 0.6) is 0 Å². The zero-order chi connectivity index (χ0) is 17.4. The van der Waals surface area contributed by atoms with Crippen LogP contribution in [0.4, 0.5) is 14.5 Å². The van der Waals surface area contributed by atoms with Crippen molar-refractivity contribution in [2.75, 3.05) is 11.6 Å². The van der Waals surface area contributed by atoms with Crippen LogP contribution in [-0.4, -0.2) is 20.6 Å². The lowest BCUT2D eigenvalue weighted by molar-refractivity contribution is 0.102. The van der Waals surface area contributed by atoms with E-state index in [2.05, 4.69) is 5.32 Å². The second-order valence-corrected chi connectivity index (χ2v) is 7.37. The number of hydrogen-bond donors (Lipinski definition) is 1. The third-order valence-corrected chi connectivity index (χ3v) is 4.56. The second kappa shape index (κ2) is 6.25. The zero-order valence-electron chi connectivity index (χ0n) is 12.2. The standard InChI is InChI=1S/C15H12ClF2NO3S/c1-8-3-4-9(23(2,21)22)5-14(8)19-15(20)10-6-12(17)13(18)7-11(10)16/h3-7H,1-2H3,(H,19,20). The summed E-state index contributed by atoms with van der Waals surface area (Å²) in [5.41, 5.74) is 0.581. The molecule has 0 saturated heterocycles.